The summed E-state index contributed by atoms with van der Waals surface area (Å²) in [5.74, 6) is 1.50. The molecule has 8 heteroatoms. The third kappa shape index (κ3) is 5.30. The van der Waals surface area contributed by atoms with E-state index in [4.69, 9.17) is 15.5 Å². The van der Waals surface area contributed by atoms with Crippen LogP contribution in [0.5, 0.6) is 0 Å². The maximum Gasteiger partial charge on any atom is 0.152 e. The molecule has 0 atom stereocenters. The molecule has 5 rings (SSSR count). The molecule has 0 saturated carbocycles. The van der Waals surface area contributed by atoms with Crippen LogP contribution in [0.1, 0.15) is 29.8 Å². The second-order valence-corrected chi connectivity index (χ2v) is 10.2. The van der Waals surface area contributed by atoms with Crippen molar-refractivity contribution in [2.75, 3.05) is 39.6 Å². The Balaban J connectivity index is 1.23. The van der Waals surface area contributed by atoms with Crippen LogP contribution in [-0.2, 0) is 30.7 Å². The van der Waals surface area contributed by atoms with Gasteiger partial charge in [-0.15, -0.1) is 0 Å². The number of nitrogens with zero attached hydrogens (tertiary/aromatic N) is 4. The number of anilines is 1. The van der Waals surface area contributed by atoms with Crippen molar-refractivity contribution in [1.82, 2.24) is 24.2 Å². The van der Waals surface area contributed by atoms with E-state index < -0.39 is 0 Å². The first-order chi connectivity index (χ1) is 17.1. The Morgan fingerprint density at radius 2 is 2.00 bits per heavy atom. The molecule has 2 aromatic heterocycles. The van der Waals surface area contributed by atoms with E-state index >= 15 is 0 Å². The zero-order valence-electron chi connectivity index (χ0n) is 20.6. The van der Waals surface area contributed by atoms with Crippen LogP contribution in [0.2, 0.25) is 0 Å². The number of ether oxygens (including phenoxy) is 1. The highest BCUT2D eigenvalue weighted by atomic mass is 32.2. The van der Waals surface area contributed by atoms with Gasteiger partial charge in [-0.2, -0.15) is 0 Å². The summed E-state index contributed by atoms with van der Waals surface area (Å²) in [5.41, 5.74) is 12.0. The molecule has 3 heterocycles. The van der Waals surface area contributed by atoms with Gasteiger partial charge in [-0.3, -0.25) is 4.72 Å². The molecule has 35 heavy (non-hydrogen) atoms. The van der Waals surface area contributed by atoms with Crippen molar-refractivity contribution >= 4 is 39.7 Å². The van der Waals surface area contributed by atoms with Crippen molar-refractivity contribution in [3.8, 4) is 0 Å². The van der Waals surface area contributed by atoms with Crippen molar-refractivity contribution in [3.63, 3.8) is 0 Å². The largest absolute Gasteiger partial charge is 0.384 e. The Kier molecular flexibility index (Phi) is 7.53. The van der Waals surface area contributed by atoms with E-state index in [1.54, 1.807) is 19.1 Å². The summed E-state index contributed by atoms with van der Waals surface area (Å²) in [6, 6.07) is 15.0. The zero-order chi connectivity index (χ0) is 24.2. The van der Waals surface area contributed by atoms with Gasteiger partial charge in [-0.1, -0.05) is 24.3 Å². The first kappa shape index (κ1) is 24.1. The lowest BCUT2D eigenvalue weighted by Gasteiger charge is -2.25. The number of benzene rings is 2. The minimum atomic E-state index is 0.491. The number of imidazole rings is 1. The number of para-hydroxylation sites is 1. The van der Waals surface area contributed by atoms with Gasteiger partial charge in [-0.05, 0) is 67.6 Å². The molecule has 3 N–H and O–H groups in total. The number of fused-ring (bicyclic) bond motifs is 4. The molecule has 1 aliphatic rings. The first-order valence-electron chi connectivity index (χ1n) is 12.4. The normalized spacial score (nSPS) is 14.1. The van der Waals surface area contributed by atoms with Crippen molar-refractivity contribution < 1.29 is 4.74 Å². The van der Waals surface area contributed by atoms with E-state index in [1.807, 2.05) is 18.2 Å². The maximum absolute atomic E-state index is 6.30. The molecule has 0 fully saturated rings. The molecule has 0 unspecified atom stereocenters. The highest BCUT2D eigenvalue weighted by molar-refractivity contribution is 7.97. The van der Waals surface area contributed by atoms with Crippen LogP contribution in [0.25, 0.3) is 21.9 Å². The molecule has 0 amide bonds. The second kappa shape index (κ2) is 11.0. The lowest BCUT2D eigenvalue weighted by atomic mass is 10.0. The number of unbranched alkanes of at least 4 members (excludes halogenated alkanes) is 1. The highest BCUT2D eigenvalue weighted by Crippen LogP contribution is 2.29. The van der Waals surface area contributed by atoms with E-state index in [0.717, 1.165) is 79.6 Å². The summed E-state index contributed by atoms with van der Waals surface area (Å²) >= 11 is 1.73. The number of aryl methyl sites for hydroxylation is 1. The SMILES string of the molecule is COCCc1nc2c(N)nc3ccccc3c2n1CCCCNSc1ccc2c(c1)CN(C)CC2. The number of hydrogen-bond acceptors (Lipinski definition) is 7. The fourth-order valence-corrected chi connectivity index (χ4v) is 5.62. The molecule has 0 aliphatic carbocycles. The molecule has 2 aromatic carbocycles. The van der Waals surface area contributed by atoms with E-state index in [1.165, 1.54) is 16.0 Å². The number of hydrogen-bond donors (Lipinski definition) is 2. The minimum absolute atomic E-state index is 0.491. The van der Waals surface area contributed by atoms with E-state index in [2.05, 4.69) is 50.5 Å². The van der Waals surface area contributed by atoms with Gasteiger partial charge >= 0.3 is 0 Å². The van der Waals surface area contributed by atoms with Crippen molar-refractivity contribution in [1.29, 1.82) is 0 Å². The van der Waals surface area contributed by atoms with Gasteiger partial charge in [0.1, 0.15) is 11.3 Å². The predicted molar refractivity (Wildman–Crippen MR) is 145 cm³/mol. The number of aromatic nitrogens is 3. The van der Waals surface area contributed by atoms with Crippen LogP contribution in [0.15, 0.2) is 47.4 Å². The maximum atomic E-state index is 6.30. The summed E-state index contributed by atoms with van der Waals surface area (Å²) in [6.45, 7) is 4.66. The number of pyridine rings is 1. The van der Waals surface area contributed by atoms with Crippen molar-refractivity contribution in [3.05, 3.63) is 59.4 Å². The molecular formula is C27H34N6OS. The number of nitrogens with two attached hydrogens (primary N) is 1. The third-order valence-corrected chi connectivity index (χ3v) is 7.54. The first-order valence-corrected chi connectivity index (χ1v) is 13.2. The summed E-state index contributed by atoms with van der Waals surface area (Å²) in [5, 5.41) is 1.10. The number of rotatable bonds is 10. The molecular weight excluding hydrogens is 456 g/mol. The van der Waals surface area contributed by atoms with E-state index in [-0.39, 0.29) is 0 Å². The van der Waals surface area contributed by atoms with Gasteiger partial charge in [0.15, 0.2) is 5.82 Å². The monoisotopic (exact) mass is 490 g/mol. The average molecular weight is 491 g/mol. The second-order valence-electron chi connectivity index (χ2n) is 9.26. The van der Waals surface area contributed by atoms with E-state index in [9.17, 15) is 0 Å². The van der Waals surface area contributed by atoms with Crippen LogP contribution < -0.4 is 10.5 Å². The lowest BCUT2D eigenvalue weighted by Crippen LogP contribution is -2.26. The molecule has 184 valence electrons. The topological polar surface area (TPSA) is 81.2 Å². The summed E-state index contributed by atoms with van der Waals surface area (Å²) < 4.78 is 11.2. The van der Waals surface area contributed by atoms with Gasteiger partial charge in [0.25, 0.3) is 0 Å². The molecule has 0 bridgehead atoms. The molecule has 0 spiro atoms. The van der Waals surface area contributed by atoms with Crippen LogP contribution in [0.4, 0.5) is 5.82 Å². The molecule has 1 aliphatic heterocycles. The Labute approximate surface area is 211 Å². The summed E-state index contributed by atoms with van der Waals surface area (Å²) in [7, 11) is 3.92. The van der Waals surface area contributed by atoms with Gasteiger partial charge < -0.3 is 19.9 Å². The summed E-state index contributed by atoms with van der Waals surface area (Å²) in [6.07, 6.45) is 4.02. The average Bonchev–Trinajstić information content (AvgIpc) is 3.24. The Morgan fingerprint density at radius 3 is 2.89 bits per heavy atom. The fraction of sp³-hybridized carbons (Fsp3) is 0.407. The number of methoxy groups -OCH3 is 1. The number of nitrogen functional groups attached to an aromatic ring is 1. The van der Waals surface area contributed by atoms with Crippen LogP contribution in [0.3, 0.4) is 0 Å². The quantitative estimate of drug-likeness (QED) is 0.252. The van der Waals surface area contributed by atoms with Gasteiger partial charge in [-0.25, -0.2) is 9.97 Å². The third-order valence-electron chi connectivity index (χ3n) is 6.70. The van der Waals surface area contributed by atoms with Crippen molar-refractivity contribution in [2.45, 2.75) is 43.7 Å². The molecule has 7 nitrogen and oxygen atoms in total. The predicted octanol–water partition coefficient (Wildman–Crippen LogP) is 4.42. The standard InChI is InChI=1S/C27H34N6OS/c1-32-15-11-19-9-10-21(17-20(19)18-32)35-29-13-5-6-14-33-24(12-16-34-2)31-25-26(33)22-7-3-4-8-23(22)30-27(25)28/h3-4,7-10,17,29H,5-6,11-16,18H2,1-2H3,(H2,28,30). The zero-order valence-corrected chi connectivity index (χ0v) is 21.4. The summed E-state index contributed by atoms with van der Waals surface area (Å²) in [4.78, 5) is 13.1. The van der Waals surface area contributed by atoms with Gasteiger partial charge in [0.05, 0.1) is 17.6 Å². The Bertz CT molecular complexity index is 1320. The lowest BCUT2D eigenvalue weighted by molar-refractivity contribution is 0.199. The number of likely N-dealkylation sites (N-methyl/N-ethyl adjacent to an activating group) is 1. The molecule has 0 saturated heterocycles. The van der Waals surface area contributed by atoms with Crippen LogP contribution in [-0.4, -0.2) is 53.3 Å². The molecule has 0 radical (unpaired) electrons. The smallest absolute Gasteiger partial charge is 0.152 e. The van der Waals surface area contributed by atoms with Crippen molar-refractivity contribution in [2.24, 2.45) is 0 Å². The van der Waals surface area contributed by atoms with Crippen LogP contribution in [0, 0.1) is 0 Å². The fourth-order valence-electron chi connectivity index (χ4n) is 4.87. The molecule has 4 aromatic rings. The van der Waals surface area contributed by atoms with E-state index in [0.29, 0.717) is 12.4 Å². The van der Waals surface area contributed by atoms with Gasteiger partial charge in [0, 0.05) is 50.0 Å². The number of nitrogens with one attached hydrogen (secondary N) is 1. The minimum Gasteiger partial charge on any atom is -0.384 e. The highest BCUT2D eigenvalue weighted by Gasteiger charge is 2.17. The van der Waals surface area contributed by atoms with Crippen LogP contribution >= 0.6 is 11.9 Å². The van der Waals surface area contributed by atoms with Gasteiger partial charge in [0.2, 0.25) is 0 Å². The Morgan fingerprint density at radius 1 is 1.11 bits per heavy atom. The Hall–Kier alpha value is -2.65.